The van der Waals surface area contributed by atoms with Crippen molar-refractivity contribution in [3.63, 3.8) is 0 Å². The Labute approximate surface area is 108 Å². The Morgan fingerprint density at radius 1 is 1.42 bits per heavy atom. The van der Waals surface area contributed by atoms with Crippen molar-refractivity contribution in [1.29, 1.82) is 0 Å². The first kappa shape index (κ1) is 15.5. The molecule has 1 unspecified atom stereocenters. The first-order valence-corrected chi connectivity index (χ1v) is 5.92. The third kappa shape index (κ3) is 2.74. The molecule has 0 radical (unpaired) electrons. The van der Waals surface area contributed by atoms with Crippen LogP contribution in [0.2, 0.25) is 0 Å². The number of carbonyl (C=O) groups is 2. The van der Waals surface area contributed by atoms with Gasteiger partial charge in [-0.25, -0.2) is 0 Å². The van der Waals surface area contributed by atoms with E-state index >= 15 is 0 Å². The van der Waals surface area contributed by atoms with Crippen molar-refractivity contribution in [3.8, 4) is 0 Å². The summed E-state index contributed by atoms with van der Waals surface area (Å²) in [5.74, 6) is -2.46. The molecule has 1 saturated heterocycles. The summed E-state index contributed by atoms with van der Waals surface area (Å²) in [5.41, 5.74) is -2.50. The molecule has 108 valence electrons. The van der Waals surface area contributed by atoms with Crippen LogP contribution in [0.5, 0.6) is 0 Å². The third-order valence-corrected chi connectivity index (χ3v) is 3.36. The summed E-state index contributed by atoms with van der Waals surface area (Å²) in [6, 6.07) is 0. The van der Waals surface area contributed by atoms with Crippen LogP contribution in [0.4, 0.5) is 13.2 Å². The Bertz CT molecular complexity index is 417. The van der Waals surface area contributed by atoms with Gasteiger partial charge in [0.15, 0.2) is 5.41 Å². The van der Waals surface area contributed by atoms with Crippen molar-refractivity contribution >= 4 is 11.9 Å². The number of hydrogen-bond acceptors (Lipinski definition) is 2. The zero-order chi connectivity index (χ0) is 14.8. The van der Waals surface area contributed by atoms with Gasteiger partial charge in [-0.05, 0) is 19.8 Å². The number of likely N-dealkylation sites (tertiary alicyclic amines) is 1. The van der Waals surface area contributed by atoms with Crippen LogP contribution in [-0.2, 0) is 9.59 Å². The van der Waals surface area contributed by atoms with Crippen molar-refractivity contribution in [2.45, 2.75) is 32.9 Å². The molecular weight excluding hydrogens is 263 g/mol. The average molecular weight is 279 g/mol. The van der Waals surface area contributed by atoms with Gasteiger partial charge in [-0.2, -0.15) is 13.2 Å². The van der Waals surface area contributed by atoms with Gasteiger partial charge in [0.05, 0.1) is 0 Å². The van der Waals surface area contributed by atoms with Crippen LogP contribution in [0, 0.1) is 5.41 Å². The highest BCUT2D eigenvalue weighted by molar-refractivity contribution is 5.93. The predicted octanol–water partition coefficient (Wildman–Crippen LogP) is 2.21. The fraction of sp³-hybridized carbons (Fsp3) is 0.667. The van der Waals surface area contributed by atoms with Gasteiger partial charge in [0, 0.05) is 18.7 Å². The molecule has 1 N–H and O–H groups in total. The van der Waals surface area contributed by atoms with Crippen molar-refractivity contribution in [1.82, 2.24) is 4.90 Å². The lowest BCUT2D eigenvalue weighted by Crippen LogP contribution is -2.47. The number of amides is 1. The largest absolute Gasteiger partial charge is 0.481 e. The second-order valence-electron chi connectivity index (χ2n) is 4.66. The number of nitrogens with zero attached hydrogens (tertiary/aromatic N) is 1. The van der Waals surface area contributed by atoms with Crippen molar-refractivity contribution < 1.29 is 27.9 Å². The molecular formula is C12H16F3NO3. The summed E-state index contributed by atoms with van der Waals surface area (Å²) in [5, 5.41) is 8.87. The Balaban J connectivity index is 2.96. The first-order valence-electron chi connectivity index (χ1n) is 5.92. The van der Waals surface area contributed by atoms with E-state index in [1.807, 2.05) is 0 Å². The molecule has 0 aromatic carbocycles. The quantitative estimate of drug-likeness (QED) is 0.806. The molecule has 1 fully saturated rings. The van der Waals surface area contributed by atoms with E-state index in [-0.39, 0.29) is 6.54 Å². The van der Waals surface area contributed by atoms with Gasteiger partial charge in [0.25, 0.3) is 0 Å². The van der Waals surface area contributed by atoms with Crippen molar-refractivity contribution in [2.24, 2.45) is 5.41 Å². The van der Waals surface area contributed by atoms with E-state index in [1.54, 1.807) is 13.0 Å². The summed E-state index contributed by atoms with van der Waals surface area (Å²) in [6.45, 7) is 2.30. The van der Waals surface area contributed by atoms with Crippen LogP contribution in [0.3, 0.4) is 0 Å². The molecule has 0 aromatic rings. The Kier molecular flexibility index (Phi) is 4.27. The van der Waals surface area contributed by atoms with E-state index in [1.165, 1.54) is 6.92 Å². The van der Waals surface area contributed by atoms with Crippen LogP contribution in [-0.4, -0.2) is 41.1 Å². The average Bonchev–Trinajstić information content (AvgIpc) is 2.73. The van der Waals surface area contributed by atoms with Crippen LogP contribution in [0.25, 0.3) is 0 Å². The molecule has 0 aliphatic carbocycles. The predicted molar refractivity (Wildman–Crippen MR) is 61.4 cm³/mol. The molecule has 19 heavy (non-hydrogen) atoms. The smallest absolute Gasteiger partial charge is 0.406 e. The third-order valence-electron chi connectivity index (χ3n) is 3.36. The second-order valence-corrected chi connectivity index (χ2v) is 4.66. The van der Waals surface area contributed by atoms with Gasteiger partial charge in [0.1, 0.15) is 0 Å². The van der Waals surface area contributed by atoms with Gasteiger partial charge < -0.3 is 10.0 Å². The van der Waals surface area contributed by atoms with E-state index in [2.05, 4.69) is 0 Å². The Morgan fingerprint density at radius 2 is 2.00 bits per heavy atom. The maximum Gasteiger partial charge on any atom is 0.406 e. The maximum absolute atomic E-state index is 12.9. The monoisotopic (exact) mass is 279 g/mol. The van der Waals surface area contributed by atoms with Gasteiger partial charge in [-0.1, -0.05) is 13.0 Å². The summed E-state index contributed by atoms with van der Waals surface area (Å²) < 4.78 is 38.8. The highest BCUT2D eigenvalue weighted by Crippen LogP contribution is 2.45. The topological polar surface area (TPSA) is 57.6 Å². The highest BCUT2D eigenvalue weighted by atomic mass is 19.4. The lowest BCUT2D eigenvalue weighted by Gasteiger charge is -2.27. The zero-order valence-electron chi connectivity index (χ0n) is 10.8. The molecule has 4 nitrogen and oxygen atoms in total. The fourth-order valence-corrected chi connectivity index (χ4v) is 2.15. The van der Waals surface area contributed by atoms with E-state index < -0.39 is 36.4 Å². The second kappa shape index (κ2) is 5.22. The Hall–Kier alpha value is -1.53. The molecule has 1 aliphatic rings. The lowest BCUT2D eigenvalue weighted by molar-refractivity contribution is -0.227. The molecule has 1 amide bonds. The Morgan fingerprint density at radius 3 is 2.37 bits per heavy atom. The van der Waals surface area contributed by atoms with Gasteiger partial charge >= 0.3 is 12.1 Å². The van der Waals surface area contributed by atoms with Crippen LogP contribution in [0.1, 0.15) is 26.7 Å². The molecule has 0 bridgehead atoms. The van der Waals surface area contributed by atoms with Crippen molar-refractivity contribution in [2.75, 3.05) is 13.1 Å². The normalized spacial score (nSPS) is 24.7. The number of alkyl halides is 3. The van der Waals surface area contributed by atoms with Crippen molar-refractivity contribution in [3.05, 3.63) is 11.6 Å². The first-order chi connectivity index (χ1) is 8.65. The number of allylic oxidation sites excluding steroid dienone is 1. The van der Waals surface area contributed by atoms with Gasteiger partial charge in [-0.3, -0.25) is 9.59 Å². The van der Waals surface area contributed by atoms with E-state index in [0.717, 1.165) is 4.90 Å². The minimum absolute atomic E-state index is 0.195. The zero-order valence-corrected chi connectivity index (χ0v) is 10.8. The van der Waals surface area contributed by atoms with Crippen LogP contribution >= 0.6 is 0 Å². The fourth-order valence-electron chi connectivity index (χ4n) is 2.15. The summed E-state index contributed by atoms with van der Waals surface area (Å²) in [7, 11) is 0. The number of carboxylic acids is 1. The number of halogens is 3. The minimum Gasteiger partial charge on any atom is -0.481 e. The molecule has 1 heterocycles. The summed E-state index contributed by atoms with van der Waals surface area (Å²) >= 11 is 0. The highest BCUT2D eigenvalue weighted by Gasteiger charge is 2.64. The van der Waals surface area contributed by atoms with Crippen LogP contribution in [0.15, 0.2) is 11.6 Å². The number of carboxylic acid groups (broad SMARTS) is 1. The van der Waals surface area contributed by atoms with E-state index in [4.69, 9.17) is 5.11 Å². The maximum atomic E-state index is 12.9. The molecule has 0 saturated carbocycles. The molecule has 7 heteroatoms. The molecule has 1 aliphatic heterocycles. The standard InChI is InChI=1S/C12H16F3NO3/c1-3-4-8(2)9(17)16-6-5-11(7-16,10(18)19)12(13,14)15/h4H,3,5-7H2,1-2H3,(H,18,19). The van der Waals surface area contributed by atoms with E-state index in [0.29, 0.717) is 12.0 Å². The lowest BCUT2D eigenvalue weighted by atomic mass is 9.86. The number of aliphatic carboxylic acids is 1. The van der Waals surface area contributed by atoms with Crippen LogP contribution < -0.4 is 0 Å². The molecule has 0 spiro atoms. The molecule has 1 atom stereocenters. The number of carbonyl (C=O) groups excluding carboxylic acids is 1. The summed E-state index contributed by atoms with van der Waals surface area (Å²) in [6.07, 6.45) is -3.27. The summed E-state index contributed by atoms with van der Waals surface area (Å²) in [4.78, 5) is 23.8. The van der Waals surface area contributed by atoms with E-state index in [9.17, 15) is 22.8 Å². The van der Waals surface area contributed by atoms with Gasteiger partial charge in [0.2, 0.25) is 5.91 Å². The molecule has 1 rings (SSSR count). The van der Waals surface area contributed by atoms with Gasteiger partial charge in [-0.15, -0.1) is 0 Å². The minimum atomic E-state index is -4.86. The number of rotatable bonds is 3. The molecule has 0 aromatic heterocycles. The SMILES string of the molecule is CCC=C(C)C(=O)N1CCC(C(=O)O)(C(F)(F)F)C1. The number of hydrogen-bond donors (Lipinski definition) is 1.